The van der Waals surface area contributed by atoms with Crippen molar-refractivity contribution in [2.75, 3.05) is 18.5 Å². The standard InChI is InChI=1S/C41H38N8O6/c1-28-17-19-32(20-18-28)40(51)53-22-21-41(25-52-23-29-11-5-2-6-12-29)35(54-24-30-13-7-3-8-14-30)33(47-48-42)39(55-41)49-27-45-34-36(43-26-44-37(34)49)46-38(50)31-15-9-4-10-16-31/h2-20,26-27,33,35,39H,21-25H2,1H3,(H,43,44,46,50)/t33-,35+,39-,41-/m1/s1. The van der Waals surface area contributed by atoms with Crippen molar-refractivity contribution in [3.8, 4) is 0 Å². The molecule has 1 saturated heterocycles. The monoisotopic (exact) mass is 738 g/mol. The lowest BCUT2D eigenvalue weighted by atomic mass is 9.91. The number of carbonyl (C=O) groups is 2. The van der Waals surface area contributed by atoms with Gasteiger partial charge in [-0.3, -0.25) is 9.36 Å². The van der Waals surface area contributed by atoms with E-state index in [-0.39, 0.29) is 44.6 Å². The number of aromatic nitrogens is 4. The zero-order chi connectivity index (χ0) is 38.0. The average Bonchev–Trinajstić information content (AvgIpc) is 3.78. The summed E-state index contributed by atoms with van der Waals surface area (Å²) in [6.45, 7) is 2.27. The first-order valence-electron chi connectivity index (χ1n) is 17.7. The highest BCUT2D eigenvalue weighted by molar-refractivity contribution is 6.06. The van der Waals surface area contributed by atoms with Crippen molar-refractivity contribution in [2.45, 2.75) is 50.5 Å². The largest absolute Gasteiger partial charge is 0.462 e. The topological polar surface area (TPSA) is 175 Å². The van der Waals surface area contributed by atoms with E-state index in [1.165, 1.54) is 12.7 Å². The predicted octanol–water partition coefficient (Wildman–Crippen LogP) is 7.38. The minimum Gasteiger partial charge on any atom is -0.462 e. The van der Waals surface area contributed by atoms with Crippen molar-refractivity contribution in [2.24, 2.45) is 5.11 Å². The highest BCUT2D eigenvalue weighted by atomic mass is 16.6. The third kappa shape index (κ3) is 8.53. The summed E-state index contributed by atoms with van der Waals surface area (Å²) in [6, 6.07) is 34.1. The van der Waals surface area contributed by atoms with Crippen LogP contribution < -0.4 is 5.32 Å². The van der Waals surface area contributed by atoms with Crippen molar-refractivity contribution in [3.63, 3.8) is 0 Å². The number of fused-ring (bicyclic) bond motifs is 1. The van der Waals surface area contributed by atoms with Crippen LogP contribution in [0.3, 0.4) is 0 Å². The van der Waals surface area contributed by atoms with Crippen LogP contribution in [0.5, 0.6) is 0 Å². The molecule has 6 aromatic rings. The zero-order valence-corrected chi connectivity index (χ0v) is 30.0. The van der Waals surface area contributed by atoms with E-state index in [4.69, 9.17) is 18.9 Å². The number of aryl methyl sites for hydroxylation is 1. The molecule has 0 aliphatic carbocycles. The molecule has 1 N–H and O–H groups in total. The van der Waals surface area contributed by atoms with Gasteiger partial charge in [0.05, 0.1) is 38.3 Å². The van der Waals surface area contributed by atoms with Crippen LogP contribution in [0.4, 0.5) is 5.82 Å². The molecule has 14 heteroatoms. The molecule has 1 aliphatic heterocycles. The maximum absolute atomic E-state index is 13.1. The van der Waals surface area contributed by atoms with Crippen LogP contribution in [-0.2, 0) is 32.2 Å². The van der Waals surface area contributed by atoms with Gasteiger partial charge < -0.3 is 24.3 Å². The average molecular weight is 739 g/mol. The Bertz CT molecular complexity index is 2270. The van der Waals surface area contributed by atoms with E-state index >= 15 is 0 Å². The van der Waals surface area contributed by atoms with Crippen molar-refractivity contribution in [1.82, 2.24) is 19.5 Å². The van der Waals surface area contributed by atoms with Crippen LogP contribution >= 0.6 is 0 Å². The summed E-state index contributed by atoms with van der Waals surface area (Å²) in [7, 11) is 0. The maximum atomic E-state index is 13.1. The Morgan fingerprint density at radius 2 is 1.55 bits per heavy atom. The number of amides is 1. The molecule has 3 heterocycles. The molecule has 14 nitrogen and oxygen atoms in total. The number of nitrogens with one attached hydrogen (secondary N) is 1. The number of hydrogen-bond donors (Lipinski definition) is 1. The van der Waals surface area contributed by atoms with Gasteiger partial charge in [-0.05, 0) is 47.8 Å². The highest BCUT2D eigenvalue weighted by Crippen LogP contribution is 2.45. The lowest BCUT2D eigenvalue weighted by Gasteiger charge is -2.34. The molecule has 55 heavy (non-hydrogen) atoms. The van der Waals surface area contributed by atoms with E-state index in [0.29, 0.717) is 22.3 Å². The molecule has 0 radical (unpaired) electrons. The number of benzene rings is 4. The molecule has 278 valence electrons. The minimum absolute atomic E-state index is 0.0165. The van der Waals surface area contributed by atoms with Crippen molar-refractivity contribution in [3.05, 3.63) is 166 Å². The summed E-state index contributed by atoms with van der Waals surface area (Å²) in [5.74, 6) is -0.678. The van der Waals surface area contributed by atoms with Gasteiger partial charge in [-0.2, -0.15) is 0 Å². The van der Waals surface area contributed by atoms with E-state index in [1.54, 1.807) is 41.0 Å². The van der Waals surface area contributed by atoms with Gasteiger partial charge in [0, 0.05) is 16.9 Å². The predicted molar refractivity (Wildman–Crippen MR) is 203 cm³/mol. The van der Waals surface area contributed by atoms with Crippen LogP contribution in [0.2, 0.25) is 0 Å². The number of carbonyl (C=O) groups excluding carboxylic acids is 2. The second-order valence-electron chi connectivity index (χ2n) is 13.1. The van der Waals surface area contributed by atoms with Gasteiger partial charge in [0.1, 0.15) is 30.3 Å². The lowest BCUT2D eigenvalue weighted by Crippen LogP contribution is -2.49. The van der Waals surface area contributed by atoms with Gasteiger partial charge in [0.15, 0.2) is 17.0 Å². The second-order valence-corrected chi connectivity index (χ2v) is 13.1. The SMILES string of the molecule is Cc1ccc(C(=O)OCC[C@]2(COCc3ccccc3)O[C@@H](n3cnc4c(NC(=O)c5ccccc5)ncnc43)[C@H](N=[N+]=[N-])[C@@H]2OCc2ccccc2)cc1. The van der Waals surface area contributed by atoms with Crippen LogP contribution in [0.1, 0.15) is 50.1 Å². The molecule has 0 spiro atoms. The first kappa shape index (κ1) is 36.9. The van der Waals surface area contributed by atoms with E-state index in [0.717, 1.165) is 16.7 Å². The lowest BCUT2D eigenvalue weighted by molar-refractivity contribution is -0.163. The minimum atomic E-state index is -1.31. The van der Waals surface area contributed by atoms with Gasteiger partial charge in [-0.15, -0.1) is 0 Å². The Hall–Kier alpha value is -6.44. The number of anilines is 1. The molecule has 4 aromatic carbocycles. The molecule has 7 rings (SSSR count). The number of hydrogen-bond acceptors (Lipinski definition) is 10. The quantitative estimate of drug-likeness (QED) is 0.0488. The summed E-state index contributed by atoms with van der Waals surface area (Å²) in [4.78, 5) is 42.8. The molecule has 1 aliphatic rings. The normalized spacial score (nSPS) is 19.1. The number of esters is 1. The van der Waals surface area contributed by atoms with E-state index in [2.05, 4.69) is 30.3 Å². The Kier molecular flexibility index (Phi) is 11.5. The van der Waals surface area contributed by atoms with E-state index in [9.17, 15) is 15.1 Å². The van der Waals surface area contributed by atoms with Gasteiger partial charge >= 0.3 is 5.97 Å². The third-order valence-electron chi connectivity index (χ3n) is 9.34. The van der Waals surface area contributed by atoms with Gasteiger partial charge in [0.25, 0.3) is 5.91 Å². The van der Waals surface area contributed by atoms with Gasteiger partial charge in [0.2, 0.25) is 0 Å². The van der Waals surface area contributed by atoms with Crippen LogP contribution in [0, 0.1) is 6.92 Å². The van der Waals surface area contributed by atoms with Crippen LogP contribution in [0.25, 0.3) is 21.6 Å². The Balaban J connectivity index is 1.24. The summed E-state index contributed by atoms with van der Waals surface area (Å²) in [5.41, 5.74) is 12.9. The Labute approximate surface area is 316 Å². The number of rotatable bonds is 15. The Morgan fingerprint density at radius 3 is 2.24 bits per heavy atom. The van der Waals surface area contributed by atoms with E-state index in [1.807, 2.05) is 85.8 Å². The fraction of sp³-hybridized carbons (Fsp3) is 0.244. The highest BCUT2D eigenvalue weighted by Gasteiger charge is 2.57. The molecule has 2 aromatic heterocycles. The van der Waals surface area contributed by atoms with Crippen LogP contribution in [-0.4, -0.2) is 62.4 Å². The third-order valence-corrected chi connectivity index (χ3v) is 9.34. The summed E-state index contributed by atoms with van der Waals surface area (Å²) in [6.07, 6.45) is 1.01. The number of ether oxygens (including phenoxy) is 4. The molecular formula is C41H38N8O6. The molecule has 4 atom stereocenters. The first-order chi connectivity index (χ1) is 26.9. The summed E-state index contributed by atoms with van der Waals surface area (Å²) < 4.78 is 27.4. The number of nitrogens with zero attached hydrogens (tertiary/aromatic N) is 7. The van der Waals surface area contributed by atoms with Crippen molar-refractivity contribution >= 4 is 28.9 Å². The maximum Gasteiger partial charge on any atom is 0.338 e. The first-order valence-corrected chi connectivity index (χ1v) is 17.7. The second kappa shape index (κ2) is 17.1. The summed E-state index contributed by atoms with van der Waals surface area (Å²) >= 11 is 0. The molecule has 0 unspecified atom stereocenters. The molecule has 1 fully saturated rings. The van der Waals surface area contributed by atoms with Crippen LogP contribution in [0.15, 0.2) is 133 Å². The number of imidazole rings is 1. The van der Waals surface area contributed by atoms with Gasteiger partial charge in [-0.25, -0.2) is 19.7 Å². The molecule has 0 bridgehead atoms. The molecule has 1 amide bonds. The van der Waals surface area contributed by atoms with Gasteiger partial charge in [-0.1, -0.05) is 102 Å². The molecular weight excluding hydrogens is 701 g/mol. The Morgan fingerprint density at radius 1 is 0.873 bits per heavy atom. The summed E-state index contributed by atoms with van der Waals surface area (Å²) in [5, 5.41) is 7.06. The molecule has 0 saturated carbocycles. The fourth-order valence-corrected chi connectivity index (χ4v) is 6.54. The fourth-order valence-electron chi connectivity index (χ4n) is 6.54. The van der Waals surface area contributed by atoms with E-state index < -0.39 is 29.9 Å². The number of azide groups is 1. The zero-order valence-electron chi connectivity index (χ0n) is 30.0. The van der Waals surface area contributed by atoms with Crippen molar-refractivity contribution < 1.29 is 28.5 Å². The van der Waals surface area contributed by atoms with Crippen molar-refractivity contribution in [1.29, 1.82) is 0 Å². The smallest absolute Gasteiger partial charge is 0.338 e.